The standard InChI is InChI=1S/C14H17N5O2/c1-9(2)19(8-13(15)18-21)14(20)10-3-4-11-12(7-10)17-6-5-16-11/h3-7,9,21H,8H2,1-2H3,(H2,15,18). The van der Waals surface area contributed by atoms with Crippen molar-refractivity contribution in [2.24, 2.45) is 10.9 Å². The fourth-order valence-corrected chi connectivity index (χ4v) is 1.96. The minimum Gasteiger partial charge on any atom is -0.409 e. The molecule has 1 aromatic heterocycles. The number of nitrogens with zero attached hydrogens (tertiary/aromatic N) is 4. The second-order valence-electron chi connectivity index (χ2n) is 4.88. The Kier molecular flexibility index (Phi) is 4.32. The van der Waals surface area contributed by atoms with Gasteiger partial charge < -0.3 is 15.8 Å². The second-order valence-corrected chi connectivity index (χ2v) is 4.88. The molecule has 1 aromatic carbocycles. The maximum atomic E-state index is 12.6. The van der Waals surface area contributed by atoms with Crippen LogP contribution in [0.3, 0.4) is 0 Å². The van der Waals surface area contributed by atoms with E-state index in [4.69, 9.17) is 10.9 Å². The summed E-state index contributed by atoms with van der Waals surface area (Å²) in [6.45, 7) is 3.79. The fraction of sp³-hybridized carbons (Fsp3) is 0.286. The molecule has 0 bridgehead atoms. The number of benzene rings is 1. The van der Waals surface area contributed by atoms with Gasteiger partial charge in [-0.1, -0.05) is 5.16 Å². The van der Waals surface area contributed by atoms with Gasteiger partial charge >= 0.3 is 0 Å². The summed E-state index contributed by atoms with van der Waals surface area (Å²) in [5, 5.41) is 11.6. The van der Waals surface area contributed by atoms with E-state index in [0.717, 1.165) is 5.52 Å². The third kappa shape index (κ3) is 3.25. The quantitative estimate of drug-likeness (QED) is 0.381. The molecule has 0 aliphatic carbocycles. The third-order valence-electron chi connectivity index (χ3n) is 3.06. The second kappa shape index (κ2) is 6.17. The van der Waals surface area contributed by atoms with E-state index in [9.17, 15) is 4.79 Å². The highest BCUT2D eigenvalue weighted by atomic mass is 16.4. The van der Waals surface area contributed by atoms with Crippen LogP contribution >= 0.6 is 0 Å². The molecule has 2 rings (SSSR count). The predicted octanol–water partition coefficient (Wildman–Crippen LogP) is 1.23. The highest BCUT2D eigenvalue weighted by molar-refractivity contribution is 5.99. The Morgan fingerprint density at radius 2 is 2.00 bits per heavy atom. The maximum absolute atomic E-state index is 12.6. The Labute approximate surface area is 122 Å². The van der Waals surface area contributed by atoms with Crippen LogP contribution in [0.5, 0.6) is 0 Å². The van der Waals surface area contributed by atoms with Gasteiger partial charge in [0, 0.05) is 24.0 Å². The molecule has 1 heterocycles. The largest absolute Gasteiger partial charge is 0.409 e. The van der Waals surface area contributed by atoms with Gasteiger partial charge in [-0.05, 0) is 32.0 Å². The van der Waals surface area contributed by atoms with Gasteiger partial charge in [0.1, 0.15) is 0 Å². The number of amidine groups is 1. The minimum atomic E-state index is -0.204. The average Bonchev–Trinajstić information content (AvgIpc) is 2.50. The molecule has 7 nitrogen and oxygen atoms in total. The first-order valence-electron chi connectivity index (χ1n) is 6.51. The number of aromatic nitrogens is 2. The van der Waals surface area contributed by atoms with Crippen molar-refractivity contribution in [3.8, 4) is 0 Å². The molecule has 0 aliphatic heterocycles. The number of carbonyl (C=O) groups is 1. The number of fused-ring (bicyclic) bond motifs is 1. The molecule has 3 N–H and O–H groups in total. The zero-order chi connectivity index (χ0) is 15.4. The monoisotopic (exact) mass is 287 g/mol. The summed E-state index contributed by atoms with van der Waals surface area (Å²) in [4.78, 5) is 22.4. The molecule has 1 amide bonds. The van der Waals surface area contributed by atoms with E-state index in [2.05, 4.69) is 15.1 Å². The predicted molar refractivity (Wildman–Crippen MR) is 79.1 cm³/mol. The number of hydrogen-bond donors (Lipinski definition) is 2. The Bertz CT molecular complexity index is 684. The lowest BCUT2D eigenvalue weighted by molar-refractivity contribution is 0.0734. The maximum Gasteiger partial charge on any atom is 0.254 e. The number of hydrogen-bond acceptors (Lipinski definition) is 5. The van der Waals surface area contributed by atoms with Gasteiger partial charge in [-0.3, -0.25) is 14.8 Å². The summed E-state index contributed by atoms with van der Waals surface area (Å²) in [7, 11) is 0. The Balaban J connectivity index is 2.34. The lowest BCUT2D eigenvalue weighted by atomic mass is 10.1. The van der Waals surface area contributed by atoms with Crippen molar-refractivity contribution in [3.63, 3.8) is 0 Å². The molecule has 110 valence electrons. The fourth-order valence-electron chi connectivity index (χ4n) is 1.96. The van der Waals surface area contributed by atoms with Crippen LogP contribution < -0.4 is 5.73 Å². The van der Waals surface area contributed by atoms with Crippen molar-refractivity contribution in [1.82, 2.24) is 14.9 Å². The van der Waals surface area contributed by atoms with Gasteiger partial charge in [-0.15, -0.1) is 0 Å². The van der Waals surface area contributed by atoms with E-state index >= 15 is 0 Å². The first-order valence-corrected chi connectivity index (χ1v) is 6.51. The number of carbonyl (C=O) groups excluding carboxylic acids is 1. The first-order chi connectivity index (χ1) is 10.0. The molecular formula is C14H17N5O2. The van der Waals surface area contributed by atoms with Crippen LogP contribution in [0.15, 0.2) is 35.7 Å². The van der Waals surface area contributed by atoms with E-state index in [1.165, 1.54) is 4.90 Å². The highest BCUT2D eigenvalue weighted by Crippen LogP contribution is 2.14. The minimum absolute atomic E-state index is 0.0161. The van der Waals surface area contributed by atoms with E-state index in [-0.39, 0.29) is 24.3 Å². The molecule has 0 fully saturated rings. The molecule has 0 spiro atoms. The third-order valence-corrected chi connectivity index (χ3v) is 3.06. The number of oxime groups is 1. The molecule has 2 aromatic rings. The summed E-state index contributed by atoms with van der Waals surface area (Å²) in [5.41, 5.74) is 7.36. The van der Waals surface area contributed by atoms with E-state index in [1.54, 1.807) is 30.6 Å². The van der Waals surface area contributed by atoms with Gasteiger partial charge in [-0.25, -0.2) is 0 Å². The van der Waals surface area contributed by atoms with Crippen molar-refractivity contribution in [2.75, 3.05) is 6.54 Å². The molecule has 0 saturated heterocycles. The first kappa shape index (κ1) is 14.7. The van der Waals surface area contributed by atoms with E-state index in [0.29, 0.717) is 11.1 Å². The smallest absolute Gasteiger partial charge is 0.254 e. The van der Waals surface area contributed by atoms with Crippen molar-refractivity contribution in [3.05, 3.63) is 36.2 Å². The van der Waals surface area contributed by atoms with Gasteiger partial charge in [-0.2, -0.15) is 0 Å². The average molecular weight is 287 g/mol. The lowest BCUT2D eigenvalue weighted by Crippen LogP contribution is -2.42. The van der Waals surface area contributed by atoms with Crippen LogP contribution in [-0.4, -0.2) is 44.4 Å². The molecule has 0 saturated carbocycles. The summed E-state index contributed by atoms with van der Waals surface area (Å²) < 4.78 is 0. The molecule has 21 heavy (non-hydrogen) atoms. The van der Waals surface area contributed by atoms with Crippen LogP contribution in [0.1, 0.15) is 24.2 Å². The van der Waals surface area contributed by atoms with Crippen LogP contribution in [0.2, 0.25) is 0 Å². The number of nitrogens with two attached hydrogens (primary N) is 1. The van der Waals surface area contributed by atoms with Gasteiger partial charge in [0.15, 0.2) is 5.84 Å². The van der Waals surface area contributed by atoms with Crippen LogP contribution in [0.4, 0.5) is 0 Å². The van der Waals surface area contributed by atoms with Crippen LogP contribution in [0.25, 0.3) is 11.0 Å². The van der Waals surface area contributed by atoms with Crippen molar-refractivity contribution < 1.29 is 10.0 Å². The Hall–Kier alpha value is -2.70. The normalized spacial score (nSPS) is 11.9. The number of rotatable bonds is 4. The van der Waals surface area contributed by atoms with Gasteiger partial charge in [0.25, 0.3) is 5.91 Å². The van der Waals surface area contributed by atoms with Crippen LogP contribution in [0, 0.1) is 0 Å². The zero-order valence-electron chi connectivity index (χ0n) is 11.9. The summed E-state index contributed by atoms with van der Waals surface area (Å²) in [6.07, 6.45) is 3.18. The summed E-state index contributed by atoms with van der Waals surface area (Å²) >= 11 is 0. The van der Waals surface area contributed by atoms with Crippen LogP contribution in [-0.2, 0) is 0 Å². The molecule has 0 radical (unpaired) electrons. The van der Waals surface area contributed by atoms with Gasteiger partial charge in [0.2, 0.25) is 0 Å². The Morgan fingerprint density at radius 1 is 1.33 bits per heavy atom. The molecule has 0 aliphatic rings. The number of amides is 1. The highest BCUT2D eigenvalue weighted by Gasteiger charge is 2.20. The van der Waals surface area contributed by atoms with Crippen molar-refractivity contribution in [1.29, 1.82) is 0 Å². The zero-order valence-corrected chi connectivity index (χ0v) is 11.9. The topological polar surface area (TPSA) is 105 Å². The molecule has 0 unspecified atom stereocenters. The molecular weight excluding hydrogens is 270 g/mol. The van der Waals surface area contributed by atoms with Gasteiger partial charge in [0.05, 0.1) is 17.6 Å². The lowest BCUT2D eigenvalue weighted by Gasteiger charge is -2.26. The molecule has 7 heteroatoms. The summed E-state index contributed by atoms with van der Waals surface area (Å²) in [6, 6.07) is 5.04. The molecule has 0 atom stereocenters. The van der Waals surface area contributed by atoms with Crippen molar-refractivity contribution >= 4 is 22.8 Å². The Morgan fingerprint density at radius 3 is 2.62 bits per heavy atom. The summed E-state index contributed by atoms with van der Waals surface area (Å²) in [5.74, 6) is -0.221. The van der Waals surface area contributed by atoms with E-state index < -0.39 is 0 Å². The SMILES string of the molecule is CC(C)N(CC(N)=NO)C(=O)c1ccc2nccnc2c1. The van der Waals surface area contributed by atoms with Crippen molar-refractivity contribution in [2.45, 2.75) is 19.9 Å². The van der Waals surface area contributed by atoms with E-state index in [1.807, 2.05) is 13.8 Å².